The van der Waals surface area contributed by atoms with Crippen LogP contribution in [0.2, 0.25) is 0 Å². The quantitative estimate of drug-likeness (QED) is 0.790. The van der Waals surface area contributed by atoms with Gasteiger partial charge < -0.3 is 10.0 Å². The topological polar surface area (TPSA) is 58.4 Å². The zero-order valence-corrected chi connectivity index (χ0v) is 14.3. The highest BCUT2D eigenvalue weighted by molar-refractivity contribution is 7.18. The van der Waals surface area contributed by atoms with Gasteiger partial charge in [-0.05, 0) is 36.1 Å². The molecule has 2 heterocycles. The van der Waals surface area contributed by atoms with Crippen LogP contribution in [0.5, 0.6) is 0 Å². The second kappa shape index (κ2) is 5.49. The molecule has 1 aliphatic rings. The lowest BCUT2D eigenvalue weighted by Gasteiger charge is -2.21. The molecule has 0 aliphatic heterocycles. The van der Waals surface area contributed by atoms with Gasteiger partial charge in [0.2, 0.25) is 0 Å². The van der Waals surface area contributed by atoms with Crippen molar-refractivity contribution in [2.45, 2.75) is 12.8 Å². The van der Waals surface area contributed by atoms with Crippen LogP contribution in [0.15, 0.2) is 36.5 Å². The molecule has 0 saturated heterocycles. The summed E-state index contributed by atoms with van der Waals surface area (Å²) in [5.41, 5.74) is 5.02. The molecular weight excluding hydrogens is 322 g/mol. The second-order valence-electron chi connectivity index (χ2n) is 5.97. The number of anilines is 2. The van der Waals surface area contributed by atoms with E-state index in [-0.39, 0.29) is 0 Å². The minimum atomic E-state index is -0.858. The number of benzene rings is 1. The Morgan fingerprint density at radius 2 is 2.04 bits per heavy atom. The third kappa shape index (κ3) is 2.22. The lowest BCUT2D eigenvalue weighted by Crippen LogP contribution is -2.11. The van der Waals surface area contributed by atoms with Gasteiger partial charge in [0.1, 0.15) is 9.88 Å². The van der Waals surface area contributed by atoms with Crippen LogP contribution >= 0.6 is 11.3 Å². The van der Waals surface area contributed by atoms with Crippen molar-refractivity contribution in [2.24, 2.45) is 7.05 Å². The maximum absolute atomic E-state index is 11.7. The van der Waals surface area contributed by atoms with Crippen molar-refractivity contribution in [1.82, 2.24) is 9.78 Å². The monoisotopic (exact) mass is 339 g/mol. The Labute approximate surface area is 143 Å². The van der Waals surface area contributed by atoms with Crippen LogP contribution in [0, 0.1) is 0 Å². The van der Waals surface area contributed by atoms with Crippen LogP contribution in [0.1, 0.15) is 20.8 Å². The maximum atomic E-state index is 11.7. The molecule has 5 nitrogen and oxygen atoms in total. The van der Waals surface area contributed by atoms with Gasteiger partial charge in [0.15, 0.2) is 0 Å². The number of hydrogen-bond donors (Lipinski definition) is 1. The van der Waals surface area contributed by atoms with Crippen molar-refractivity contribution in [3.63, 3.8) is 0 Å². The van der Waals surface area contributed by atoms with E-state index in [0.717, 1.165) is 40.4 Å². The molecule has 1 aromatic carbocycles. The Kier molecular flexibility index (Phi) is 3.42. The van der Waals surface area contributed by atoms with E-state index in [4.69, 9.17) is 0 Å². The summed E-state index contributed by atoms with van der Waals surface area (Å²) in [6, 6.07) is 9.98. The van der Waals surface area contributed by atoms with Gasteiger partial charge in [0.25, 0.3) is 0 Å². The molecule has 6 heteroatoms. The standard InChI is InChI=1S/C18H17N3O2S/c1-20-10-11-8-9-13-14(15(11)19-20)17(24-16(13)18(22)23)21(2)12-6-4-3-5-7-12/h3-7,10H,8-9H2,1-2H3,(H,22,23). The first-order valence-corrected chi connectivity index (χ1v) is 8.58. The van der Waals surface area contributed by atoms with Crippen molar-refractivity contribution < 1.29 is 9.90 Å². The van der Waals surface area contributed by atoms with E-state index in [1.54, 1.807) is 0 Å². The molecular formula is C18H17N3O2S. The smallest absolute Gasteiger partial charge is 0.346 e. The average molecular weight is 339 g/mol. The van der Waals surface area contributed by atoms with Gasteiger partial charge in [0.05, 0.1) is 5.69 Å². The molecule has 24 heavy (non-hydrogen) atoms. The van der Waals surface area contributed by atoms with Gasteiger partial charge in [-0.2, -0.15) is 5.10 Å². The first-order chi connectivity index (χ1) is 11.6. The number of fused-ring (bicyclic) bond motifs is 3. The van der Waals surface area contributed by atoms with Crippen molar-refractivity contribution >= 4 is 28.0 Å². The lowest BCUT2D eigenvalue weighted by molar-refractivity contribution is 0.0701. The van der Waals surface area contributed by atoms with Gasteiger partial charge in [-0.1, -0.05) is 18.2 Å². The molecule has 3 aromatic rings. The van der Waals surface area contributed by atoms with Crippen LogP contribution < -0.4 is 4.90 Å². The summed E-state index contributed by atoms with van der Waals surface area (Å²) in [5, 5.41) is 15.2. The maximum Gasteiger partial charge on any atom is 0.346 e. The van der Waals surface area contributed by atoms with E-state index in [0.29, 0.717) is 4.88 Å². The number of aryl methyl sites for hydroxylation is 2. The third-order valence-corrected chi connectivity index (χ3v) is 5.71. The molecule has 0 fully saturated rings. The summed E-state index contributed by atoms with van der Waals surface area (Å²) in [6.45, 7) is 0. The van der Waals surface area contributed by atoms with E-state index in [1.807, 2.05) is 55.3 Å². The predicted molar refractivity (Wildman–Crippen MR) is 95.4 cm³/mol. The van der Waals surface area contributed by atoms with Gasteiger partial charge in [-0.25, -0.2) is 4.79 Å². The fourth-order valence-corrected chi connectivity index (χ4v) is 4.48. The summed E-state index contributed by atoms with van der Waals surface area (Å²) in [4.78, 5) is 14.2. The number of carbonyl (C=O) groups is 1. The summed E-state index contributed by atoms with van der Waals surface area (Å²) >= 11 is 1.34. The highest BCUT2D eigenvalue weighted by Crippen LogP contribution is 2.48. The highest BCUT2D eigenvalue weighted by Gasteiger charge is 2.31. The number of thiophene rings is 1. The fourth-order valence-electron chi connectivity index (χ4n) is 3.30. The van der Waals surface area contributed by atoms with Crippen LogP contribution in [0.25, 0.3) is 11.3 Å². The van der Waals surface area contributed by atoms with E-state index >= 15 is 0 Å². The third-order valence-electron chi connectivity index (χ3n) is 4.42. The molecule has 2 aromatic heterocycles. The van der Waals surface area contributed by atoms with Gasteiger partial charge in [-0.3, -0.25) is 4.68 Å². The Morgan fingerprint density at radius 1 is 1.29 bits per heavy atom. The normalized spacial score (nSPS) is 12.6. The molecule has 0 atom stereocenters. The number of hydrogen-bond acceptors (Lipinski definition) is 4. The number of para-hydroxylation sites is 1. The number of aromatic nitrogens is 2. The number of aromatic carboxylic acids is 1. The summed E-state index contributed by atoms with van der Waals surface area (Å²) < 4.78 is 1.81. The average Bonchev–Trinajstić information content (AvgIpc) is 3.14. The van der Waals surface area contributed by atoms with Gasteiger partial charge in [-0.15, -0.1) is 11.3 Å². The van der Waals surface area contributed by atoms with E-state index in [9.17, 15) is 9.90 Å². The minimum Gasteiger partial charge on any atom is -0.477 e. The van der Waals surface area contributed by atoms with Crippen molar-refractivity contribution in [3.05, 3.63) is 52.5 Å². The Bertz CT molecular complexity index is 927. The second-order valence-corrected chi connectivity index (χ2v) is 6.97. The van der Waals surface area contributed by atoms with E-state index in [2.05, 4.69) is 10.00 Å². The lowest BCUT2D eigenvalue weighted by atomic mass is 9.91. The summed E-state index contributed by atoms with van der Waals surface area (Å²) in [6.07, 6.45) is 3.61. The molecule has 0 saturated carbocycles. The first-order valence-electron chi connectivity index (χ1n) is 7.77. The molecule has 4 rings (SSSR count). The first kappa shape index (κ1) is 15.0. The zero-order chi connectivity index (χ0) is 16.8. The van der Waals surface area contributed by atoms with Gasteiger partial charge in [0, 0.05) is 31.5 Å². The molecule has 1 aliphatic carbocycles. The molecule has 0 unspecified atom stereocenters. The summed E-state index contributed by atoms with van der Waals surface area (Å²) in [7, 11) is 3.88. The molecule has 0 spiro atoms. The SMILES string of the molecule is CN(c1ccccc1)c1sc(C(=O)O)c2c1-c1nn(C)cc1CC2. The van der Waals surface area contributed by atoms with Gasteiger partial charge >= 0.3 is 5.97 Å². The van der Waals surface area contributed by atoms with Crippen LogP contribution in [0.3, 0.4) is 0 Å². The Balaban J connectivity index is 1.94. The molecule has 0 bridgehead atoms. The fraction of sp³-hybridized carbons (Fsp3) is 0.222. The van der Waals surface area contributed by atoms with Crippen molar-refractivity contribution in [1.29, 1.82) is 0 Å². The summed E-state index contributed by atoms with van der Waals surface area (Å²) in [5.74, 6) is -0.858. The largest absolute Gasteiger partial charge is 0.477 e. The van der Waals surface area contributed by atoms with Crippen molar-refractivity contribution in [2.75, 3.05) is 11.9 Å². The molecule has 0 amide bonds. The number of carboxylic acid groups (broad SMARTS) is 1. The predicted octanol–water partition coefficient (Wildman–Crippen LogP) is 3.71. The molecule has 1 N–H and O–H groups in total. The number of carboxylic acids is 1. The zero-order valence-electron chi connectivity index (χ0n) is 13.5. The highest BCUT2D eigenvalue weighted by atomic mass is 32.1. The van der Waals surface area contributed by atoms with E-state index < -0.39 is 5.97 Å². The van der Waals surface area contributed by atoms with Crippen LogP contribution in [0.4, 0.5) is 10.7 Å². The van der Waals surface area contributed by atoms with Crippen molar-refractivity contribution in [3.8, 4) is 11.3 Å². The minimum absolute atomic E-state index is 0.430. The van der Waals surface area contributed by atoms with E-state index in [1.165, 1.54) is 16.9 Å². The number of nitrogens with zero attached hydrogens (tertiary/aromatic N) is 3. The Hall–Kier alpha value is -2.60. The number of rotatable bonds is 3. The Morgan fingerprint density at radius 3 is 2.75 bits per heavy atom. The van der Waals surface area contributed by atoms with Crippen LogP contribution in [-0.4, -0.2) is 27.9 Å². The molecule has 122 valence electrons. The van der Waals surface area contributed by atoms with Crippen LogP contribution in [-0.2, 0) is 19.9 Å². The molecule has 0 radical (unpaired) electrons.